The van der Waals surface area contributed by atoms with Gasteiger partial charge in [-0.15, -0.1) is 11.8 Å². The average Bonchev–Trinajstić information content (AvgIpc) is 2.84. The Morgan fingerprint density at radius 3 is 3.06 bits per heavy atom. The standard InChI is InChI=1S/C13H16N2S/c1-9-4-5-10-11(8-9)15-12(14-10)13(2)6-3-7-16-13/h4-5,8H,3,6-7H2,1-2H3,(H,14,15). The largest absolute Gasteiger partial charge is 0.341 e. The van der Waals surface area contributed by atoms with Crippen LogP contribution in [0.4, 0.5) is 0 Å². The molecule has 1 N–H and O–H groups in total. The van der Waals surface area contributed by atoms with Crippen LogP contribution in [0.15, 0.2) is 18.2 Å². The Kier molecular flexibility index (Phi) is 2.25. The van der Waals surface area contributed by atoms with Gasteiger partial charge in [0.2, 0.25) is 0 Å². The van der Waals surface area contributed by atoms with Crippen molar-refractivity contribution in [2.24, 2.45) is 0 Å². The van der Waals surface area contributed by atoms with Gasteiger partial charge in [-0.25, -0.2) is 4.98 Å². The van der Waals surface area contributed by atoms with Crippen molar-refractivity contribution in [2.75, 3.05) is 5.75 Å². The van der Waals surface area contributed by atoms with Crippen molar-refractivity contribution in [3.63, 3.8) is 0 Å². The van der Waals surface area contributed by atoms with Crippen LogP contribution in [0.2, 0.25) is 0 Å². The predicted molar refractivity (Wildman–Crippen MR) is 69.9 cm³/mol. The minimum Gasteiger partial charge on any atom is -0.341 e. The summed E-state index contributed by atoms with van der Waals surface area (Å²) >= 11 is 2.02. The van der Waals surface area contributed by atoms with Gasteiger partial charge in [-0.1, -0.05) is 6.07 Å². The minimum absolute atomic E-state index is 0.201. The van der Waals surface area contributed by atoms with E-state index in [9.17, 15) is 0 Å². The summed E-state index contributed by atoms with van der Waals surface area (Å²) in [5.74, 6) is 2.41. The molecular weight excluding hydrogens is 216 g/mol. The highest BCUT2D eigenvalue weighted by Gasteiger charge is 2.34. The first-order chi connectivity index (χ1) is 7.67. The Balaban J connectivity index is 2.11. The van der Waals surface area contributed by atoms with Crippen LogP contribution < -0.4 is 0 Å². The molecule has 84 valence electrons. The van der Waals surface area contributed by atoms with E-state index in [-0.39, 0.29) is 4.75 Å². The molecule has 2 nitrogen and oxygen atoms in total. The summed E-state index contributed by atoms with van der Waals surface area (Å²) in [5, 5.41) is 0. The lowest BCUT2D eigenvalue weighted by Crippen LogP contribution is -2.14. The Bertz CT molecular complexity index is 524. The smallest absolute Gasteiger partial charge is 0.123 e. The zero-order chi connectivity index (χ0) is 11.2. The first-order valence-electron chi connectivity index (χ1n) is 5.78. The molecule has 1 fully saturated rings. The van der Waals surface area contributed by atoms with Crippen molar-refractivity contribution < 1.29 is 0 Å². The number of aromatic amines is 1. The van der Waals surface area contributed by atoms with Gasteiger partial charge in [0.15, 0.2) is 0 Å². The fourth-order valence-corrected chi connectivity index (χ4v) is 3.60. The minimum atomic E-state index is 0.201. The van der Waals surface area contributed by atoms with Gasteiger partial charge in [0.25, 0.3) is 0 Å². The van der Waals surface area contributed by atoms with Crippen molar-refractivity contribution in [2.45, 2.75) is 31.4 Å². The van der Waals surface area contributed by atoms with E-state index in [1.165, 1.54) is 29.7 Å². The van der Waals surface area contributed by atoms with Gasteiger partial charge < -0.3 is 4.98 Å². The molecule has 0 aliphatic carbocycles. The summed E-state index contributed by atoms with van der Waals surface area (Å²) in [5.41, 5.74) is 3.55. The topological polar surface area (TPSA) is 28.7 Å². The van der Waals surface area contributed by atoms with E-state index in [0.29, 0.717) is 0 Å². The highest BCUT2D eigenvalue weighted by molar-refractivity contribution is 8.00. The van der Waals surface area contributed by atoms with Crippen LogP contribution in [-0.4, -0.2) is 15.7 Å². The number of fused-ring (bicyclic) bond motifs is 1. The summed E-state index contributed by atoms with van der Waals surface area (Å²) in [6.45, 7) is 4.42. The number of aromatic nitrogens is 2. The van der Waals surface area contributed by atoms with Crippen molar-refractivity contribution in [3.8, 4) is 0 Å². The fraction of sp³-hybridized carbons (Fsp3) is 0.462. The van der Waals surface area contributed by atoms with E-state index >= 15 is 0 Å². The zero-order valence-corrected chi connectivity index (χ0v) is 10.5. The van der Waals surface area contributed by atoms with Crippen LogP contribution in [0.3, 0.4) is 0 Å². The second-order valence-corrected chi connectivity index (χ2v) is 6.39. The molecule has 16 heavy (non-hydrogen) atoms. The van der Waals surface area contributed by atoms with E-state index in [1.54, 1.807) is 0 Å². The molecular formula is C13H16N2S. The number of rotatable bonds is 1. The van der Waals surface area contributed by atoms with Crippen molar-refractivity contribution in [3.05, 3.63) is 29.6 Å². The van der Waals surface area contributed by atoms with E-state index in [2.05, 4.69) is 37.0 Å². The zero-order valence-electron chi connectivity index (χ0n) is 9.71. The molecule has 1 aromatic heterocycles. The van der Waals surface area contributed by atoms with Crippen LogP contribution in [0.25, 0.3) is 11.0 Å². The van der Waals surface area contributed by atoms with E-state index in [1.807, 2.05) is 11.8 Å². The number of benzene rings is 1. The molecule has 2 heterocycles. The first kappa shape index (κ1) is 10.2. The molecule has 0 radical (unpaired) electrons. The maximum atomic E-state index is 4.73. The first-order valence-corrected chi connectivity index (χ1v) is 6.77. The summed E-state index contributed by atoms with van der Waals surface area (Å²) < 4.78 is 0.201. The number of imidazole rings is 1. The third-order valence-corrected chi connectivity index (χ3v) is 4.88. The number of H-pyrrole nitrogens is 1. The van der Waals surface area contributed by atoms with Gasteiger partial charge in [-0.3, -0.25) is 0 Å². The molecule has 1 aliphatic heterocycles. The molecule has 1 saturated heterocycles. The molecule has 2 aromatic rings. The summed E-state index contributed by atoms with van der Waals surface area (Å²) in [6, 6.07) is 6.40. The quantitative estimate of drug-likeness (QED) is 0.813. The number of hydrogen-bond donors (Lipinski definition) is 1. The Labute approximate surface area is 99.8 Å². The van der Waals surface area contributed by atoms with Gasteiger partial charge >= 0.3 is 0 Å². The third kappa shape index (κ3) is 1.54. The van der Waals surface area contributed by atoms with E-state index in [0.717, 1.165) is 11.3 Å². The molecule has 3 rings (SSSR count). The predicted octanol–water partition coefficient (Wildman–Crippen LogP) is 3.61. The average molecular weight is 232 g/mol. The maximum absolute atomic E-state index is 4.73. The summed E-state index contributed by atoms with van der Waals surface area (Å²) in [7, 11) is 0. The Hall–Kier alpha value is -0.960. The molecule has 0 bridgehead atoms. The highest BCUT2D eigenvalue weighted by Crippen LogP contribution is 2.45. The molecule has 1 atom stereocenters. The van der Waals surface area contributed by atoms with Crippen LogP contribution in [0.1, 0.15) is 31.2 Å². The fourth-order valence-electron chi connectivity index (χ4n) is 2.34. The summed E-state index contributed by atoms with van der Waals surface area (Å²) in [4.78, 5) is 8.22. The lowest BCUT2D eigenvalue weighted by atomic mass is 10.1. The maximum Gasteiger partial charge on any atom is 0.123 e. The highest BCUT2D eigenvalue weighted by atomic mass is 32.2. The van der Waals surface area contributed by atoms with Crippen molar-refractivity contribution in [1.29, 1.82) is 0 Å². The summed E-state index contributed by atoms with van der Waals surface area (Å²) in [6.07, 6.45) is 2.54. The third-order valence-electron chi connectivity index (χ3n) is 3.36. The molecule has 1 aromatic carbocycles. The van der Waals surface area contributed by atoms with Gasteiger partial charge in [-0.05, 0) is 50.1 Å². The van der Waals surface area contributed by atoms with Crippen LogP contribution >= 0.6 is 11.8 Å². The number of hydrogen-bond acceptors (Lipinski definition) is 2. The SMILES string of the molecule is Cc1ccc2nc(C3(C)CCCS3)[nH]c2c1. The lowest BCUT2D eigenvalue weighted by Gasteiger charge is -2.18. The number of nitrogens with zero attached hydrogens (tertiary/aromatic N) is 1. The Morgan fingerprint density at radius 2 is 2.31 bits per heavy atom. The van der Waals surface area contributed by atoms with Crippen LogP contribution in [0.5, 0.6) is 0 Å². The molecule has 1 aliphatic rings. The van der Waals surface area contributed by atoms with Crippen molar-refractivity contribution >= 4 is 22.8 Å². The number of thioether (sulfide) groups is 1. The van der Waals surface area contributed by atoms with Crippen LogP contribution in [0, 0.1) is 6.92 Å². The van der Waals surface area contributed by atoms with Gasteiger partial charge in [0.05, 0.1) is 15.8 Å². The second kappa shape index (κ2) is 3.52. The molecule has 0 amide bonds. The molecule has 0 saturated carbocycles. The number of aryl methyl sites for hydroxylation is 1. The monoisotopic (exact) mass is 232 g/mol. The lowest BCUT2D eigenvalue weighted by molar-refractivity contribution is 0.614. The molecule has 0 spiro atoms. The molecule has 1 unspecified atom stereocenters. The van der Waals surface area contributed by atoms with Gasteiger partial charge in [-0.2, -0.15) is 0 Å². The van der Waals surface area contributed by atoms with Gasteiger partial charge in [0.1, 0.15) is 5.82 Å². The van der Waals surface area contributed by atoms with Gasteiger partial charge in [0, 0.05) is 0 Å². The van der Waals surface area contributed by atoms with Crippen molar-refractivity contribution in [1.82, 2.24) is 9.97 Å². The van der Waals surface area contributed by atoms with Crippen LogP contribution in [-0.2, 0) is 4.75 Å². The second-order valence-electron chi connectivity index (χ2n) is 4.79. The normalized spacial score (nSPS) is 25.4. The van der Waals surface area contributed by atoms with E-state index < -0.39 is 0 Å². The molecule has 3 heteroatoms. The Morgan fingerprint density at radius 1 is 1.44 bits per heavy atom. The number of nitrogens with one attached hydrogen (secondary N) is 1. The van der Waals surface area contributed by atoms with E-state index in [4.69, 9.17) is 4.98 Å².